The third-order valence-electron chi connectivity index (χ3n) is 2.84. The molecule has 18 heavy (non-hydrogen) atoms. The van der Waals surface area contributed by atoms with Gasteiger partial charge in [0.05, 0.1) is 11.9 Å². The van der Waals surface area contributed by atoms with Crippen LogP contribution in [0, 0.1) is 5.92 Å². The van der Waals surface area contributed by atoms with Crippen molar-refractivity contribution in [3.8, 4) is 0 Å². The lowest BCUT2D eigenvalue weighted by atomic mass is 9.99. The normalized spacial score (nSPS) is 14.9. The predicted octanol–water partition coefficient (Wildman–Crippen LogP) is -0.823. The molecule has 98 valence electrons. The maximum Gasteiger partial charge on any atom is 0.241 e. The highest BCUT2D eigenvalue weighted by Crippen LogP contribution is 2.11. The Kier molecular flexibility index (Phi) is 3.93. The van der Waals surface area contributed by atoms with Crippen LogP contribution in [0.1, 0.15) is 6.42 Å². The first-order valence-electron chi connectivity index (χ1n) is 5.91. The molecule has 1 fully saturated rings. The van der Waals surface area contributed by atoms with Crippen molar-refractivity contribution in [2.75, 3.05) is 25.5 Å². The van der Waals surface area contributed by atoms with E-state index in [-0.39, 0.29) is 18.4 Å². The van der Waals surface area contributed by atoms with E-state index in [9.17, 15) is 9.59 Å². The van der Waals surface area contributed by atoms with Crippen LogP contribution in [0.2, 0.25) is 0 Å². The lowest BCUT2D eigenvalue weighted by Gasteiger charge is -2.26. The largest absolute Gasteiger partial charge is 0.358 e. The van der Waals surface area contributed by atoms with Gasteiger partial charge in [-0.25, -0.2) is 0 Å². The van der Waals surface area contributed by atoms with Gasteiger partial charge >= 0.3 is 0 Å². The summed E-state index contributed by atoms with van der Waals surface area (Å²) in [5.41, 5.74) is 0.621. The van der Waals surface area contributed by atoms with E-state index in [0.717, 1.165) is 13.1 Å². The molecular formula is C11H17N5O2. The molecule has 1 aliphatic rings. The fourth-order valence-electron chi connectivity index (χ4n) is 1.71. The molecule has 0 saturated carbocycles. The fourth-order valence-corrected chi connectivity index (χ4v) is 1.71. The van der Waals surface area contributed by atoms with E-state index in [1.807, 2.05) is 0 Å². The first-order chi connectivity index (χ1) is 8.67. The number of carbonyl (C=O) groups excluding carboxylic acids is 2. The summed E-state index contributed by atoms with van der Waals surface area (Å²) >= 11 is 0. The van der Waals surface area contributed by atoms with Crippen molar-refractivity contribution < 1.29 is 9.59 Å². The fraction of sp³-hybridized carbons (Fsp3) is 0.545. The number of amides is 2. The van der Waals surface area contributed by atoms with Crippen molar-refractivity contribution in [1.29, 1.82) is 0 Å². The molecule has 0 spiro atoms. The topological polar surface area (TPSA) is 88.0 Å². The molecule has 2 rings (SSSR count). The second kappa shape index (κ2) is 5.63. The molecule has 2 heterocycles. The van der Waals surface area contributed by atoms with Crippen LogP contribution in [0.25, 0.3) is 0 Å². The van der Waals surface area contributed by atoms with E-state index in [1.54, 1.807) is 19.4 Å². The molecular weight excluding hydrogens is 234 g/mol. The molecule has 0 aliphatic carbocycles. The number of carbonyl (C=O) groups is 2. The van der Waals surface area contributed by atoms with Gasteiger partial charge in [-0.1, -0.05) is 0 Å². The molecule has 1 aromatic heterocycles. The summed E-state index contributed by atoms with van der Waals surface area (Å²) in [5, 5.41) is 12.4. The summed E-state index contributed by atoms with van der Waals surface area (Å²) in [4.78, 5) is 22.8. The van der Waals surface area contributed by atoms with Crippen LogP contribution in [-0.4, -0.2) is 41.7 Å². The number of likely N-dealkylation sites (N-methyl/N-ethyl adjacent to an activating group) is 1. The summed E-state index contributed by atoms with van der Waals surface area (Å²) in [7, 11) is 1.57. The van der Waals surface area contributed by atoms with Crippen molar-refractivity contribution in [2.45, 2.75) is 13.0 Å². The Bertz CT molecular complexity index is 438. The van der Waals surface area contributed by atoms with Gasteiger partial charge in [0.1, 0.15) is 6.54 Å². The summed E-state index contributed by atoms with van der Waals surface area (Å²) in [6.45, 7) is 1.96. The van der Waals surface area contributed by atoms with E-state index >= 15 is 0 Å². The van der Waals surface area contributed by atoms with Crippen molar-refractivity contribution in [2.24, 2.45) is 5.92 Å². The van der Waals surface area contributed by atoms with Gasteiger partial charge in [-0.05, 0) is 19.0 Å². The highest BCUT2D eigenvalue weighted by Gasteiger charge is 2.20. The third-order valence-corrected chi connectivity index (χ3v) is 2.84. The quantitative estimate of drug-likeness (QED) is 0.638. The van der Waals surface area contributed by atoms with Crippen LogP contribution in [0.15, 0.2) is 12.4 Å². The van der Waals surface area contributed by atoms with Gasteiger partial charge in [0.2, 0.25) is 11.8 Å². The predicted molar refractivity (Wildman–Crippen MR) is 65.9 cm³/mol. The van der Waals surface area contributed by atoms with Crippen LogP contribution >= 0.6 is 0 Å². The van der Waals surface area contributed by atoms with Crippen molar-refractivity contribution in [1.82, 2.24) is 20.4 Å². The molecule has 0 unspecified atom stereocenters. The Labute approximate surface area is 105 Å². The van der Waals surface area contributed by atoms with Crippen LogP contribution < -0.4 is 16.0 Å². The van der Waals surface area contributed by atoms with E-state index in [4.69, 9.17) is 0 Å². The number of hydrogen-bond acceptors (Lipinski definition) is 4. The number of nitrogens with one attached hydrogen (secondary N) is 3. The molecule has 0 aromatic carbocycles. The standard InChI is InChI=1S/C11H17N5O2/c1-12-11(18)7-16-6-9(5-14-16)15-10(17)2-8-3-13-4-8/h5-6,8,13H,2-4,7H2,1H3,(H,12,18)(H,15,17). The van der Waals surface area contributed by atoms with Crippen molar-refractivity contribution in [3.63, 3.8) is 0 Å². The molecule has 3 N–H and O–H groups in total. The lowest BCUT2D eigenvalue weighted by Crippen LogP contribution is -2.43. The van der Waals surface area contributed by atoms with E-state index < -0.39 is 0 Å². The zero-order chi connectivity index (χ0) is 13.0. The molecule has 2 amide bonds. The smallest absolute Gasteiger partial charge is 0.241 e. The Balaban J connectivity index is 1.81. The SMILES string of the molecule is CNC(=O)Cn1cc(NC(=O)CC2CNC2)cn1. The zero-order valence-corrected chi connectivity index (χ0v) is 10.3. The summed E-state index contributed by atoms with van der Waals surface area (Å²) in [5.74, 6) is 0.295. The minimum absolute atomic E-state index is 0.0130. The van der Waals surface area contributed by atoms with Crippen molar-refractivity contribution in [3.05, 3.63) is 12.4 Å². The first-order valence-corrected chi connectivity index (χ1v) is 5.91. The maximum atomic E-state index is 11.6. The van der Waals surface area contributed by atoms with Gasteiger partial charge in [0, 0.05) is 19.7 Å². The first kappa shape index (κ1) is 12.6. The van der Waals surface area contributed by atoms with E-state index in [2.05, 4.69) is 21.0 Å². The third kappa shape index (κ3) is 3.30. The van der Waals surface area contributed by atoms with Gasteiger partial charge in [0.15, 0.2) is 0 Å². The van der Waals surface area contributed by atoms with E-state index in [1.165, 1.54) is 4.68 Å². The van der Waals surface area contributed by atoms with Gasteiger partial charge < -0.3 is 16.0 Å². The lowest BCUT2D eigenvalue weighted by molar-refractivity contribution is -0.121. The molecule has 7 nitrogen and oxygen atoms in total. The molecule has 7 heteroatoms. The minimum atomic E-state index is -0.128. The average molecular weight is 251 g/mol. The van der Waals surface area contributed by atoms with Gasteiger partial charge in [-0.3, -0.25) is 14.3 Å². The number of anilines is 1. The van der Waals surface area contributed by atoms with E-state index in [0.29, 0.717) is 18.0 Å². The summed E-state index contributed by atoms with van der Waals surface area (Å²) in [6.07, 6.45) is 3.71. The second-order valence-corrected chi connectivity index (χ2v) is 4.38. The monoisotopic (exact) mass is 251 g/mol. The number of aromatic nitrogens is 2. The molecule has 0 atom stereocenters. The Morgan fingerprint density at radius 2 is 2.28 bits per heavy atom. The van der Waals surface area contributed by atoms with Gasteiger partial charge in [-0.15, -0.1) is 0 Å². The molecule has 0 bridgehead atoms. The summed E-state index contributed by atoms with van der Waals surface area (Å²) in [6, 6.07) is 0. The van der Waals surface area contributed by atoms with Crippen LogP contribution in [0.4, 0.5) is 5.69 Å². The zero-order valence-electron chi connectivity index (χ0n) is 10.3. The molecule has 1 aromatic rings. The highest BCUT2D eigenvalue weighted by atomic mass is 16.2. The Morgan fingerprint density at radius 1 is 1.50 bits per heavy atom. The Morgan fingerprint density at radius 3 is 2.89 bits per heavy atom. The van der Waals surface area contributed by atoms with Crippen LogP contribution in [0.3, 0.4) is 0 Å². The van der Waals surface area contributed by atoms with Crippen molar-refractivity contribution >= 4 is 17.5 Å². The Hall–Kier alpha value is -1.89. The highest BCUT2D eigenvalue weighted by molar-refractivity contribution is 5.90. The van der Waals surface area contributed by atoms with Gasteiger partial charge in [0.25, 0.3) is 0 Å². The van der Waals surface area contributed by atoms with Crippen LogP contribution in [-0.2, 0) is 16.1 Å². The molecule has 1 aliphatic heterocycles. The molecule has 1 saturated heterocycles. The van der Waals surface area contributed by atoms with Gasteiger partial charge in [-0.2, -0.15) is 5.10 Å². The number of nitrogens with zero attached hydrogens (tertiary/aromatic N) is 2. The maximum absolute atomic E-state index is 11.6. The number of hydrogen-bond donors (Lipinski definition) is 3. The minimum Gasteiger partial charge on any atom is -0.358 e. The average Bonchev–Trinajstić information content (AvgIpc) is 2.71. The second-order valence-electron chi connectivity index (χ2n) is 4.38. The van der Waals surface area contributed by atoms with Crippen LogP contribution in [0.5, 0.6) is 0 Å². The number of rotatable bonds is 5. The summed E-state index contributed by atoms with van der Waals surface area (Å²) < 4.78 is 1.49. The molecule has 0 radical (unpaired) electrons.